The van der Waals surface area contributed by atoms with Gasteiger partial charge in [0.15, 0.2) is 0 Å². The second kappa shape index (κ2) is 10.7. The molecule has 0 saturated heterocycles. The Morgan fingerprint density at radius 2 is 1.45 bits per heavy atom. The van der Waals surface area contributed by atoms with Gasteiger partial charge in [0.1, 0.15) is 0 Å². The lowest BCUT2D eigenvalue weighted by Gasteiger charge is -2.39. The fourth-order valence-corrected chi connectivity index (χ4v) is 4.00. The van der Waals surface area contributed by atoms with Crippen molar-refractivity contribution in [2.75, 3.05) is 6.54 Å². The van der Waals surface area contributed by atoms with Crippen LogP contribution in [-0.2, 0) is 0 Å². The number of hydrogen-bond donors (Lipinski definition) is 1. The Labute approximate surface area is 128 Å². The molecule has 1 rings (SSSR count). The summed E-state index contributed by atoms with van der Waals surface area (Å²) in [6, 6.07) is 0. The average molecular weight is 282 g/mol. The molecule has 1 aliphatic carbocycles. The monoisotopic (exact) mass is 281 g/mol. The van der Waals surface area contributed by atoms with E-state index in [1.807, 2.05) is 0 Å². The fraction of sp³-hybridized carbons (Fsp3) is 1.00. The van der Waals surface area contributed by atoms with Crippen molar-refractivity contribution in [2.24, 2.45) is 17.1 Å². The molecule has 0 spiro atoms. The Hall–Kier alpha value is -0.0400. The summed E-state index contributed by atoms with van der Waals surface area (Å²) < 4.78 is 0. The van der Waals surface area contributed by atoms with Crippen LogP contribution in [0.15, 0.2) is 0 Å². The summed E-state index contributed by atoms with van der Waals surface area (Å²) in [6.45, 7) is 5.55. The summed E-state index contributed by atoms with van der Waals surface area (Å²) in [5, 5.41) is 0. The van der Waals surface area contributed by atoms with Gasteiger partial charge in [0, 0.05) is 0 Å². The van der Waals surface area contributed by atoms with Gasteiger partial charge >= 0.3 is 0 Å². The minimum atomic E-state index is 0.521. The van der Waals surface area contributed by atoms with Crippen LogP contribution in [0.3, 0.4) is 0 Å². The second-order valence-corrected chi connectivity index (χ2v) is 7.31. The van der Waals surface area contributed by atoms with Crippen molar-refractivity contribution in [1.29, 1.82) is 0 Å². The zero-order valence-electron chi connectivity index (χ0n) is 14.3. The van der Waals surface area contributed by atoms with Crippen LogP contribution in [0.5, 0.6) is 0 Å². The third-order valence-corrected chi connectivity index (χ3v) is 5.61. The molecule has 0 radical (unpaired) electrons. The number of hydrogen-bond acceptors (Lipinski definition) is 1. The Bertz CT molecular complexity index is 216. The molecule has 0 amide bonds. The number of rotatable bonds is 11. The van der Waals surface area contributed by atoms with E-state index < -0.39 is 0 Å². The molecule has 0 bridgehead atoms. The van der Waals surface area contributed by atoms with Crippen molar-refractivity contribution in [2.45, 2.75) is 104 Å². The molecule has 1 saturated carbocycles. The highest BCUT2D eigenvalue weighted by molar-refractivity contribution is 4.86. The smallest absolute Gasteiger partial charge is 0.00205 e. The van der Waals surface area contributed by atoms with Crippen LogP contribution in [0.1, 0.15) is 104 Å². The summed E-state index contributed by atoms with van der Waals surface area (Å²) in [4.78, 5) is 0. The maximum Gasteiger partial charge on any atom is -0.00205 e. The van der Waals surface area contributed by atoms with Crippen LogP contribution in [0.25, 0.3) is 0 Å². The van der Waals surface area contributed by atoms with Crippen LogP contribution in [0.4, 0.5) is 0 Å². The highest BCUT2D eigenvalue weighted by Crippen LogP contribution is 2.43. The standard InChI is InChI=1S/C19H39N/c1-3-5-6-7-8-9-10-14-19(17-20)15-12-18(11-4-2)13-16-19/h18H,3-17,20H2,1-2H3. The Morgan fingerprint density at radius 3 is 2.00 bits per heavy atom. The van der Waals surface area contributed by atoms with E-state index in [1.54, 1.807) is 0 Å². The minimum Gasteiger partial charge on any atom is -0.330 e. The highest BCUT2D eigenvalue weighted by atomic mass is 14.6. The van der Waals surface area contributed by atoms with E-state index in [1.165, 1.54) is 89.9 Å². The molecule has 0 aliphatic heterocycles. The van der Waals surface area contributed by atoms with E-state index in [0.29, 0.717) is 5.41 Å². The molecule has 1 nitrogen and oxygen atoms in total. The van der Waals surface area contributed by atoms with E-state index in [4.69, 9.17) is 5.73 Å². The molecule has 1 heteroatoms. The normalized spacial score (nSPS) is 26.9. The van der Waals surface area contributed by atoms with E-state index in [2.05, 4.69) is 13.8 Å². The predicted octanol–water partition coefficient (Wildman–Crippen LogP) is 6.06. The first-order chi connectivity index (χ1) is 9.76. The van der Waals surface area contributed by atoms with Crippen molar-refractivity contribution >= 4 is 0 Å². The zero-order chi connectivity index (χ0) is 14.7. The first kappa shape index (κ1) is 18.0. The van der Waals surface area contributed by atoms with Gasteiger partial charge in [-0.1, -0.05) is 71.6 Å². The quantitative estimate of drug-likeness (QED) is 0.457. The van der Waals surface area contributed by atoms with Gasteiger partial charge in [0.05, 0.1) is 0 Å². The molecule has 0 aromatic heterocycles. The van der Waals surface area contributed by atoms with Gasteiger partial charge in [-0.05, 0) is 50.0 Å². The number of unbranched alkanes of at least 4 members (excludes halogenated alkanes) is 6. The Kier molecular flexibility index (Phi) is 9.59. The lowest BCUT2D eigenvalue weighted by Crippen LogP contribution is -2.34. The van der Waals surface area contributed by atoms with E-state index in [0.717, 1.165) is 12.5 Å². The molecule has 2 N–H and O–H groups in total. The Morgan fingerprint density at radius 1 is 0.850 bits per heavy atom. The summed E-state index contributed by atoms with van der Waals surface area (Å²) >= 11 is 0. The largest absolute Gasteiger partial charge is 0.330 e. The van der Waals surface area contributed by atoms with Crippen molar-refractivity contribution < 1.29 is 0 Å². The molecule has 0 aromatic carbocycles. The van der Waals surface area contributed by atoms with Crippen molar-refractivity contribution in [3.8, 4) is 0 Å². The summed E-state index contributed by atoms with van der Waals surface area (Å²) in [6.07, 6.45) is 19.9. The third kappa shape index (κ3) is 6.61. The molecule has 0 heterocycles. The fourth-order valence-electron chi connectivity index (χ4n) is 4.00. The summed E-state index contributed by atoms with van der Waals surface area (Å²) in [7, 11) is 0. The lowest BCUT2D eigenvalue weighted by molar-refractivity contribution is 0.135. The van der Waals surface area contributed by atoms with Gasteiger partial charge in [0.2, 0.25) is 0 Å². The Balaban J connectivity index is 2.13. The first-order valence-electron chi connectivity index (χ1n) is 9.46. The highest BCUT2D eigenvalue weighted by Gasteiger charge is 2.33. The van der Waals surface area contributed by atoms with Crippen LogP contribution in [-0.4, -0.2) is 6.54 Å². The SMILES string of the molecule is CCCCCCCCCC1(CN)CCC(CCC)CC1. The third-order valence-electron chi connectivity index (χ3n) is 5.61. The molecular formula is C19H39N. The van der Waals surface area contributed by atoms with E-state index in [-0.39, 0.29) is 0 Å². The summed E-state index contributed by atoms with van der Waals surface area (Å²) in [5.41, 5.74) is 6.66. The molecule has 20 heavy (non-hydrogen) atoms. The van der Waals surface area contributed by atoms with Crippen molar-refractivity contribution in [3.63, 3.8) is 0 Å². The van der Waals surface area contributed by atoms with Gasteiger partial charge in [-0.2, -0.15) is 0 Å². The van der Waals surface area contributed by atoms with E-state index >= 15 is 0 Å². The second-order valence-electron chi connectivity index (χ2n) is 7.31. The maximum absolute atomic E-state index is 6.14. The molecule has 0 unspecified atom stereocenters. The molecule has 1 fully saturated rings. The number of nitrogens with two attached hydrogens (primary N) is 1. The van der Waals surface area contributed by atoms with Crippen molar-refractivity contribution in [3.05, 3.63) is 0 Å². The molecule has 1 aliphatic rings. The van der Waals surface area contributed by atoms with Gasteiger partial charge in [-0.3, -0.25) is 0 Å². The van der Waals surface area contributed by atoms with Gasteiger partial charge < -0.3 is 5.73 Å². The van der Waals surface area contributed by atoms with Gasteiger partial charge in [-0.25, -0.2) is 0 Å². The van der Waals surface area contributed by atoms with Crippen LogP contribution < -0.4 is 5.73 Å². The van der Waals surface area contributed by atoms with E-state index in [9.17, 15) is 0 Å². The van der Waals surface area contributed by atoms with Gasteiger partial charge in [-0.15, -0.1) is 0 Å². The lowest BCUT2D eigenvalue weighted by atomic mass is 9.67. The molecule has 0 aromatic rings. The molecular weight excluding hydrogens is 242 g/mol. The minimum absolute atomic E-state index is 0.521. The maximum atomic E-state index is 6.14. The predicted molar refractivity (Wildman–Crippen MR) is 91.0 cm³/mol. The van der Waals surface area contributed by atoms with Crippen LogP contribution >= 0.6 is 0 Å². The molecule has 0 atom stereocenters. The zero-order valence-corrected chi connectivity index (χ0v) is 14.3. The first-order valence-corrected chi connectivity index (χ1v) is 9.46. The molecule has 120 valence electrons. The summed E-state index contributed by atoms with van der Waals surface area (Å²) in [5.74, 6) is 1.01. The van der Waals surface area contributed by atoms with Crippen LogP contribution in [0, 0.1) is 11.3 Å². The van der Waals surface area contributed by atoms with Gasteiger partial charge in [0.25, 0.3) is 0 Å². The topological polar surface area (TPSA) is 26.0 Å². The van der Waals surface area contributed by atoms with Crippen molar-refractivity contribution in [1.82, 2.24) is 0 Å². The van der Waals surface area contributed by atoms with Crippen LogP contribution in [0.2, 0.25) is 0 Å². The average Bonchev–Trinajstić information content (AvgIpc) is 2.48.